The van der Waals surface area contributed by atoms with E-state index in [1.165, 1.54) is 34.5 Å². The highest BCUT2D eigenvalue weighted by Gasteiger charge is 2.41. The van der Waals surface area contributed by atoms with E-state index in [0.717, 1.165) is 5.41 Å². The van der Waals surface area contributed by atoms with Crippen molar-refractivity contribution in [3.8, 4) is 23.0 Å². The lowest BCUT2D eigenvalue weighted by Crippen LogP contribution is -2.53. The number of carbonyl (C=O) groups is 1. The van der Waals surface area contributed by atoms with Gasteiger partial charge in [-0.2, -0.15) is 0 Å². The van der Waals surface area contributed by atoms with E-state index in [4.69, 9.17) is 18.9 Å². The van der Waals surface area contributed by atoms with Gasteiger partial charge < -0.3 is 28.5 Å². The van der Waals surface area contributed by atoms with Gasteiger partial charge in [-0.3, -0.25) is 0 Å². The van der Waals surface area contributed by atoms with E-state index < -0.39 is 21.8 Å². The highest BCUT2D eigenvalue weighted by atomic mass is 32.2. The minimum Gasteiger partial charge on any atom is -0.496 e. The minimum absolute atomic E-state index is 0.304. The molecule has 0 amide bonds. The summed E-state index contributed by atoms with van der Waals surface area (Å²) in [4.78, 5) is 12.5. The van der Waals surface area contributed by atoms with Crippen LogP contribution in [-0.2, 0) is 20.4 Å². The van der Waals surface area contributed by atoms with Gasteiger partial charge in [-0.25, -0.2) is 13.2 Å². The number of methoxy groups -OCH3 is 4. The third-order valence-electron chi connectivity index (χ3n) is 6.82. The van der Waals surface area contributed by atoms with Crippen LogP contribution >= 0.6 is 0 Å². The van der Waals surface area contributed by atoms with Gasteiger partial charge in [0.1, 0.15) is 23.0 Å². The Morgan fingerprint density at radius 3 is 1.86 bits per heavy atom. The van der Waals surface area contributed by atoms with Crippen molar-refractivity contribution in [2.45, 2.75) is 32.6 Å². The SMILES string of the molecule is CC[N+](CC)(CC)C(C(=O)O)c1cc(CS(=O)(=O)/C=C/c2c(OC)cc(OC)cc2OC)ccc1OC. The third kappa shape index (κ3) is 6.75. The molecule has 0 fully saturated rings. The highest BCUT2D eigenvalue weighted by Crippen LogP contribution is 2.37. The largest absolute Gasteiger partial charge is 0.496 e. The Morgan fingerprint density at radius 2 is 1.43 bits per heavy atom. The first-order valence-corrected chi connectivity index (χ1v) is 13.7. The first-order chi connectivity index (χ1) is 17.5. The molecule has 2 rings (SSSR count). The maximum absolute atomic E-state index is 13.1. The molecule has 0 radical (unpaired) electrons. The molecule has 0 aromatic heterocycles. The van der Waals surface area contributed by atoms with Crippen LogP contribution in [0.5, 0.6) is 23.0 Å². The Bertz CT molecular complexity index is 1190. The van der Waals surface area contributed by atoms with Gasteiger partial charge in [0.25, 0.3) is 0 Å². The van der Waals surface area contributed by atoms with E-state index in [0.29, 0.717) is 63.8 Å². The van der Waals surface area contributed by atoms with Crippen molar-refractivity contribution in [3.05, 3.63) is 52.4 Å². The monoisotopic (exact) mass is 536 g/mol. The molecule has 0 aliphatic rings. The summed E-state index contributed by atoms with van der Waals surface area (Å²) in [6, 6.07) is 7.27. The van der Waals surface area contributed by atoms with Gasteiger partial charge in [0.2, 0.25) is 6.04 Å². The van der Waals surface area contributed by atoms with Crippen LogP contribution in [0.3, 0.4) is 0 Å². The van der Waals surface area contributed by atoms with Crippen molar-refractivity contribution < 1.29 is 41.7 Å². The molecular formula is C27H38NO8S+. The summed E-state index contributed by atoms with van der Waals surface area (Å²) < 4.78 is 48.0. The van der Waals surface area contributed by atoms with Gasteiger partial charge in [-0.05, 0) is 44.5 Å². The summed E-state index contributed by atoms with van der Waals surface area (Å²) in [6.45, 7) is 7.67. The van der Waals surface area contributed by atoms with Crippen LogP contribution in [0, 0.1) is 0 Å². The second kappa shape index (κ2) is 12.8. The van der Waals surface area contributed by atoms with Gasteiger partial charge in [-0.1, -0.05) is 6.07 Å². The number of rotatable bonds is 14. The molecule has 0 aliphatic heterocycles. The fourth-order valence-corrected chi connectivity index (χ4v) is 5.70. The molecule has 9 nitrogen and oxygen atoms in total. The molecule has 2 aromatic carbocycles. The van der Waals surface area contributed by atoms with Crippen LogP contribution in [0.25, 0.3) is 6.08 Å². The summed E-state index contributed by atoms with van der Waals surface area (Å²) in [7, 11) is 2.18. The number of carboxylic acids is 1. The third-order valence-corrected chi connectivity index (χ3v) is 8.11. The van der Waals surface area contributed by atoms with E-state index in [9.17, 15) is 18.3 Å². The van der Waals surface area contributed by atoms with Crippen molar-refractivity contribution in [1.29, 1.82) is 0 Å². The first kappa shape index (κ1) is 30.0. The number of likely N-dealkylation sites (N-methyl/N-ethyl adjacent to an activating group) is 1. The summed E-state index contributed by atoms with van der Waals surface area (Å²) >= 11 is 0. The Morgan fingerprint density at radius 1 is 0.892 bits per heavy atom. The van der Waals surface area contributed by atoms with Crippen molar-refractivity contribution in [3.63, 3.8) is 0 Å². The minimum atomic E-state index is -3.75. The topological polar surface area (TPSA) is 108 Å². The Labute approximate surface area is 219 Å². The number of aliphatic carboxylic acids is 1. The van der Waals surface area contributed by atoms with Gasteiger partial charge in [0.15, 0.2) is 9.84 Å². The Balaban J connectivity index is 2.51. The van der Waals surface area contributed by atoms with Crippen LogP contribution < -0.4 is 18.9 Å². The van der Waals surface area contributed by atoms with Crippen molar-refractivity contribution in [1.82, 2.24) is 0 Å². The van der Waals surface area contributed by atoms with E-state index in [1.54, 1.807) is 30.3 Å². The van der Waals surface area contributed by atoms with E-state index in [1.807, 2.05) is 20.8 Å². The number of hydrogen-bond donors (Lipinski definition) is 1. The number of ether oxygens (including phenoxy) is 4. The number of hydrogen-bond acceptors (Lipinski definition) is 7. The van der Waals surface area contributed by atoms with E-state index in [-0.39, 0.29) is 5.75 Å². The number of carboxylic acid groups (broad SMARTS) is 1. The molecule has 1 unspecified atom stereocenters. The summed E-state index contributed by atoms with van der Waals surface area (Å²) in [5.41, 5.74) is 1.36. The zero-order valence-electron chi connectivity index (χ0n) is 22.6. The lowest BCUT2D eigenvalue weighted by molar-refractivity contribution is -0.944. The number of benzene rings is 2. The molecule has 10 heteroatoms. The van der Waals surface area contributed by atoms with Gasteiger partial charge in [-0.15, -0.1) is 0 Å². The molecule has 37 heavy (non-hydrogen) atoms. The van der Waals surface area contributed by atoms with Gasteiger partial charge in [0.05, 0.1) is 65.0 Å². The number of sulfone groups is 1. The van der Waals surface area contributed by atoms with Crippen molar-refractivity contribution >= 4 is 21.9 Å². The van der Waals surface area contributed by atoms with E-state index in [2.05, 4.69) is 0 Å². The molecule has 1 N–H and O–H groups in total. The number of nitrogens with zero attached hydrogens (tertiary/aromatic N) is 1. The Hall–Kier alpha value is -3.24. The van der Waals surface area contributed by atoms with Crippen LogP contribution in [0.1, 0.15) is 43.5 Å². The van der Waals surface area contributed by atoms with Crippen molar-refractivity contribution in [2.75, 3.05) is 48.1 Å². The lowest BCUT2D eigenvalue weighted by Gasteiger charge is -2.41. The normalized spacial score (nSPS) is 12.8. The quantitative estimate of drug-likeness (QED) is 0.356. The second-order valence-electron chi connectivity index (χ2n) is 8.54. The second-order valence-corrected chi connectivity index (χ2v) is 10.4. The van der Waals surface area contributed by atoms with Crippen LogP contribution in [0.15, 0.2) is 35.7 Å². The molecule has 0 bridgehead atoms. The summed E-state index contributed by atoms with van der Waals surface area (Å²) in [5, 5.41) is 11.3. The average molecular weight is 537 g/mol. The van der Waals surface area contributed by atoms with Crippen molar-refractivity contribution in [2.24, 2.45) is 0 Å². The molecule has 0 heterocycles. The molecule has 0 saturated heterocycles. The van der Waals surface area contributed by atoms with Gasteiger partial charge in [0, 0.05) is 17.5 Å². The predicted molar refractivity (Wildman–Crippen MR) is 143 cm³/mol. The highest BCUT2D eigenvalue weighted by molar-refractivity contribution is 7.93. The molecule has 204 valence electrons. The lowest BCUT2D eigenvalue weighted by atomic mass is 9.98. The molecule has 0 saturated carbocycles. The maximum atomic E-state index is 13.1. The van der Waals surface area contributed by atoms with Crippen LogP contribution in [0.4, 0.5) is 0 Å². The molecular weight excluding hydrogens is 498 g/mol. The van der Waals surface area contributed by atoms with E-state index >= 15 is 0 Å². The fourth-order valence-electron chi connectivity index (χ4n) is 4.62. The van der Waals surface area contributed by atoms with Crippen LogP contribution in [0.2, 0.25) is 0 Å². The zero-order valence-corrected chi connectivity index (χ0v) is 23.4. The fraction of sp³-hybridized carbons (Fsp3) is 0.444. The average Bonchev–Trinajstić information content (AvgIpc) is 2.89. The smallest absolute Gasteiger partial charge is 0.367 e. The molecule has 2 aromatic rings. The number of quaternary nitrogens is 1. The summed E-state index contributed by atoms with van der Waals surface area (Å²) in [5.74, 6) is 0.404. The zero-order chi connectivity index (χ0) is 27.8. The molecule has 1 atom stereocenters. The van der Waals surface area contributed by atoms with Gasteiger partial charge >= 0.3 is 5.97 Å². The predicted octanol–water partition coefficient (Wildman–Crippen LogP) is 4.31. The Kier molecular flexibility index (Phi) is 10.4. The molecule has 0 aliphatic carbocycles. The standard InChI is InChI=1S/C27H37NO8S/c1-8-28(9-2,10-3)26(27(29)30)22-15-19(11-12-23(22)34-5)18-37(31,32)14-13-21-24(35-6)16-20(33-4)17-25(21)36-7/h11-17,26H,8-10,18H2,1-7H3/p+1/b14-13+. The summed E-state index contributed by atoms with van der Waals surface area (Å²) in [6.07, 6.45) is 1.42. The first-order valence-electron chi connectivity index (χ1n) is 12.0. The van der Waals surface area contributed by atoms with Crippen LogP contribution in [-0.4, -0.2) is 72.1 Å². The maximum Gasteiger partial charge on any atom is 0.367 e. The molecule has 0 spiro atoms.